The molecule has 8 nitrogen and oxygen atoms in total. The molecule has 0 spiro atoms. The summed E-state index contributed by atoms with van der Waals surface area (Å²) in [5.41, 5.74) is 3.98. The summed E-state index contributed by atoms with van der Waals surface area (Å²) in [4.78, 5) is 19.2. The van der Waals surface area contributed by atoms with Crippen molar-refractivity contribution in [1.82, 2.24) is 20.2 Å². The van der Waals surface area contributed by atoms with Crippen LogP contribution in [-0.4, -0.2) is 45.8 Å². The third kappa shape index (κ3) is 3.43. The summed E-state index contributed by atoms with van der Waals surface area (Å²) in [6, 6.07) is 7.43. The Morgan fingerprint density at radius 1 is 1.25 bits per heavy atom. The van der Waals surface area contributed by atoms with Crippen LogP contribution in [0.4, 0.5) is 0 Å². The molecule has 1 fully saturated rings. The SMILES string of the molecule is CCc1onc(C)c1-c1cccc([C@H]2CN(C(=O)c3cc(C)no3)CCO2)n1. The van der Waals surface area contributed by atoms with Crippen molar-refractivity contribution >= 4 is 5.91 Å². The molecule has 146 valence electrons. The molecule has 0 N–H and O–H groups in total. The highest BCUT2D eigenvalue weighted by molar-refractivity contribution is 5.91. The highest BCUT2D eigenvalue weighted by Crippen LogP contribution is 2.29. The van der Waals surface area contributed by atoms with Crippen LogP contribution in [0.15, 0.2) is 33.3 Å². The normalized spacial score (nSPS) is 17.1. The van der Waals surface area contributed by atoms with E-state index in [1.807, 2.05) is 32.0 Å². The Hall–Kier alpha value is -3.00. The van der Waals surface area contributed by atoms with Crippen molar-refractivity contribution in [3.8, 4) is 11.3 Å². The van der Waals surface area contributed by atoms with Gasteiger partial charge in [0.25, 0.3) is 5.91 Å². The first-order valence-corrected chi connectivity index (χ1v) is 9.33. The van der Waals surface area contributed by atoms with E-state index in [1.54, 1.807) is 17.9 Å². The molecular weight excluding hydrogens is 360 g/mol. The molecule has 3 aromatic rings. The second-order valence-electron chi connectivity index (χ2n) is 6.81. The highest BCUT2D eigenvalue weighted by Gasteiger charge is 2.29. The summed E-state index contributed by atoms with van der Waals surface area (Å²) in [5, 5.41) is 7.85. The predicted molar refractivity (Wildman–Crippen MR) is 99.7 cm³/mol. The van der Waals surface area contributed by atoms with E-state index >= 15 is 0 Å². The fraction of sp³-hybridized carbons (Fsp3) is 0.400. The van der Waals surface area contributed by atoms with E-state index in [0.717, 1.165) is 34.8 Å². The van der Waals surface area contributed by atoms with Gasteiger partial charge in [0.2, 0.25) is 5.76 Å². The van der Waals surface area contributed by atoms with Gasteiger partial charge in [0.15, 0.2) is 0 Å². The van der Waals surface area contributed by atoms with Crippen LogP contribution in [0, 0.1) is 13.8 Å². The molecule has 4 heterocycles. The quantitative estimate of drug-likeness (QED) is 0.684. The lowest BCUT2D eigenvalue weighted by atomic mass is 10.1. The monoisotopic (exact) mass is 382 g/mol. The summed E-state index contributed by atoms with van der Waals surface area (Å²) in [5.74, 6) is 0.866. The summed E-state index contributed by atoms with van der Waals surface area (Å²) in [6.07, 6.45) is 0.424. The number of aromatic nitrogens is 3. The van der Waals surface area contributed by atoms with Crippen LogP contribution in [0.3, 0.4) is 0 Å². The van der Waals surface area contributed by atoms with Gasteiger partial charge in [-0.3, -0.25) is 4.79 Å². The summed E-state index contributed by atoms with van der Waals surface area (Å²) >= 11 is 0. The van der Waals surface area contributed by atoms with Crippen LogP contribution < -0.4 is 0 Å². The molecule has 0 aliphatic carbocycles. The number of nitrogens with zero attached hydrogens (tertiary/aromatic N) is 4. The number of morpholine rings is 1. The summed E-state index contributed by atoms with van der Waals surface area (Å²) in [7, 11) is 0. The third-order valence-corrected chi connectivity index (χ3v) is 4.80. The van der Waals surface area contributed by atoms with Gasteiger partial charge in [0, 0.05) is 19.0 Å². The number of ether oxygens (including phenoxy) is 1. The zero-order valence-corrected chi connectivity index (χ0v) is 16.1. The van der Waals surface area contributed by atoms with Crippen LogP contribution in [0.25, 0.3) is 11.3 Å². The van der Waals surface area contributed by atoms with Gasteiger partial charge in [-0.25, -0.2) is 4.98 Å². The first-order chi connectivity index (χ1) is 13.6. The van der Waals surface area contributed by atoms with Crippen LogP contribution in [-0.2, 0) is 11.2 Å². The van der Waals surface area contributed by atoms with Crippen molar-refractivity contribution < 1.29 is 18.6 Å². The minimum atomic E-state index is -0.313. The molecule has 0 radical (unpaired) electrons. The van der Waals surface area contributed by atoms with Crippen molar-refractivity contribution in [1.29, 1.82) is 0 Å². The number of carbonyl (C=O) groups is 1. The maximum atomic E-state index is 12.7. The molecule has 0 saturated carbocycles. The molecule has 1 aliphatic rings. The molecule has 0 bridgehead atoms. The molecule has 1 atom stereocenters. The average molecular weight is 382 g/mol. The second-order valence-corrected chi connectivity index (χ2v) is 6.81. The molecule has 1 aliphatic heterocycles. The second kappa shape index (κ2) is 7.55. The van der Waals surface area contributed by atoms with E-state index in [0.29, 0.717) is 25.4 Å². The van der Waals surface area contributed by atoms with Crippen molar-refractivity contribution in [2.45, 2.75) is 33.3 Å². The highest BCUT2D eigenvalue weighted by atomic mass is 16.5. The number of amides is 1. The maximum Gasteiger partial charge on any atom is 0.292 e. The Morgan fingerprint density at radius 3 is 2.86 bits per heavy atom. The average Bonchev–Trinajstić information content (AvgIpc) is 3.33. The van der Waals surface area contributed by atoms with Crippen LogP contribution in [0.1, 0.15) is 46.4 Å². The Kier molecular flexibility index (Phi) is 4.95. The Labute approximate surface area is 162 Å². The molecule has 0 aromatic carbocycles. The van der Waals surface area contributed by atoms with E-state index in [4.69, 9.17) is 18.8 Å². The summed E-state index contributed by atoms with van der Waals surface area (Å²) in [6.45, 7) is 7.05. The lowest BCUT2D eigenvalue weighted by Crippen LogP contribution is -2.42. The van der Waals surface area contributed by atoms with Crippen molar-refractivity contribution in [3.63, 3.8) is 0 Å². The lowest BCUT2D eigenvalue weighted by Gasteiger charge is -2.32. The first-order valence-electron chi connectivity index (χ1n) is 9.33. The van der Waals surface area contributed by atoms with E-state index in [-0.39, 0.29) is 17.8 Å². The molecular formula is C20H22N4O4. The molecule has 1 saturated heterocycles. The van der Waals surface area contributed by atoms with E-state index in [1.165, 1.54) is 0 Å². The summed E-state index contributed by atoms with van der Waals surface area (Å²) < 4.78 is 16.4. The van der Waals surface area contributed by atoms with Gasteiger partial charge >= 0.3 is 0 Å². The number of pyridine rings is 1. The van der Waals surface area contributed by atoms with Crippen LogP contribution >= 0.6 is 0 Å². The zero-order chi connectivity index (χ0) is 19.7. The first kappa shape index (κ1) is 18.4. The molecule has 0 unspecified atom stereocenters. The van der Waals surface area contributed by atoms with Gasteiger partial charge in [-0.15, -0.1) is 0 Å². The minimum absolute atomic E-state index is 0.187. The van der Waals surface area contributed by atoms with Crippen LogP contribution in [0.2, 0.25) is 0 Å². The largest absolute Gasteiger partial charge is 0.368 e. The molecule has 28 heavy (non-hydrogen) atoms. The van der Waals surface area contributed by atoms with E-state index in [9.17, 15) is 4.79 Å². The zero-order valence-electron chi connectivity index (χ0n) is 16.1. The standard InChI is InChI=1S/C20H22N4O4/c1-4-16-19(13(3)23-27-16)15-7-5-6-14(21-15)18-11-24(8-9-26-18)20(25)17-10-12(2)22-28-17/h5-7,10,18H,4,8-9,11H2,1-3H3/t18-/m1/s1. The third-order valence-electron chi connectivity index (χ3n) is 4.80. The van der Waals surface area contributed by atoms with Gasteiger partial charge < -0.3 is 18.7 Å². The van der Waals surface area contributed by atoms with Gasteiger partial charge in [-0.05, 0) is 26.0 Å². The fourth-order valence-corrected chi connectivity index (χ4v) is 3.39. The van der Waals surface area contributed by atoms with Gasteiger partial charge in [0.1, 0.15) is 11.9 Å². The van der Waals surface area contributed by atoms with Crippen LogP contribution in [0.5, 0.6) is 0 Å². The van der Waals surface area contributed by atoms with Gasteiger partial charge in [0.05, 0.1) is 41.5 Å². The maximum absolute atomic E-state index is 12.7. The Bertz CT molecular complexity index is 994. The molecule has 4 rings (SSSR count). The number of hydrogen-bond acceptors (Lipinski definition) is 7. The topological polar surface area (TPSA) is 94.5 Å². The number of rotatable bonds is 4. The van der Waals surface area contributed by atoms with E-state index in [2.05, 4.69) is 10.3 Å². The van der Waals surface area contributed by atoms with Gasteiger partial charge in [-0.1, -0.05) is 23.3 Å². The molecule has 1 amide bonds. The predicted octanol–water partition coefficient (Wildman–Crippen LogP) is 3.12. The number of aryl methyl sites for hydroxylation is 3. The lowest BCUT2D eigenvalue weighted by molar-refractivity contribution is -0.0258. The van der Waals surface area contributed by atoms with Crippen molar-refractivity contribution in [3.05, 3.63) is 52.9 Å². The molecule has 3 aromatic heterocycles. The fourth-order valence-electron chi connectivity index (χ4n) is 3.39. The van der Waals surface area contributed by atoms with E-state index < -0.39 is 0 Å². The Morgan fingerprint density at radius 2 is 2.11 bits per heavy atom. The smallest absolute Gasteiger partial charge is 0.292 e. The van der Waals surface area contributed by atoms with Crippen molar-refractivity contribution in [2.75, 3.05) is 19.7 Å². The van der Waals surface area contributed by atoms with Gasteiger partial charge in [-0.2, -0.15) is 0 Å². The number of hydrogen-bond donors (Lipinski definition) is 0. The molecule has 8 heteroatoms. The van der Waals surface area contributed by atoms with Crippen molar-refractivity contribution in [2.24, 2.45) is 0 Å². The number of carbonyl (C=O) groups excluding carboxylic acids is 1. The minimum Gasteiger partial charge on any atom is -0.368 e. The Balaban J connectivity index is 1.57.